The third-order valence-electron chi connectivity index (χ3n) is 3.21. The first-order valence-electron chi connectivity index (χ1n) is 6.92. The van der Waals surface area contributed by atoms with E-state index in [-0.39, 0.29) is 0 Å². The molecular weight excluding hydrogens is 256 g/mol. The van der Waals surface area contributed by atoms with Gasteiger partial charge in [-0.15, -0.1) is 0 Å². The van der Waals surface area contributed by atoms with Gasteiger partial charge in [-0.2, -0.15) is 0 Å². The maximum Gasteiger partial charge on any atom is 0.0931 e. The second kappa shape index (κ2) is 6.53. The van der Waals surface area contributed by atoms with Crippen LogP contribution in [0.2, 0.25) is 0 Å². The Kier molecular flexibility index (Phi) is 4.08. The number of hydrogen-bond acceptors (Lipinski definition) is 1. The average Bonchev–Trinajstić information content (AvgIpc) is 3.06. The summed E-state index contributed by atoms with van der Waals surface area (Å²) in [6, 6.07) is 28.7. The van der Waals surface area contributed by atoms with Gasteiger partial charge < -0.3 is 4.98 Å². The van der Waals surface area contributed by atoms with Crippen molar-refractivity contribution in [3.8, 4) is 11.1 Å². The minimum Gasteiger partial charge on any atom is -0.345 e. The van der Waals surface area contributed by atoms with Gasteiger partial charge in [0.05, 0.1) is 17.4 Å². The van der Waals surface area contributed by atoms with Crippen LogP contribution >= 0.6 is 0 Å². The van der Waals surface area contributed by atoms with Crippen molar-refractivity contribution in [2.75, 3.05) is 0 Å². The van der Waals surface area contributed by atoms with E-state index in [4.69, 9.17) is 0 Å². The van der Waals surface area contributed by atoms with Gasteiger partial charge in [0.2, 0.25) is 0 Å². The summed E-state index contributed by atoms with van der Waals surface area (Å²) in [7, 11) is 0. The Labute approximate surface area is 124 Å². The number of aromatic nitrogens is 2. The van der Waals surface area contributed by atoms with Gasteiger partial charge in [0.15, 0.2) is 0 Å². The number of fused-ring (bicyclic) bond motifs is 1. The molecule has 0 radical (unpaired) electrons. The van der Waals surface area contributed by atoms with Crippen LogP contribution in [0.3, 0.4) is 0 Å². The third kappa shape index (κ3) is 3.37. The molecule has 21 heavy (non-hydrogen) atoms. The van der Waals surface area contributed by atoms with Crippen LogP contribution in [0.1, 0.15) is 0 Å². The molecule has 1 heterocycles. The van der Waals surface area contributed by atoms with Gasteiger partial charge in [-0.1, -0.05) is 72.8 Å². The molecule has 0 aliphatic carbocycles. The van der Waals surface area contributed by atoms with Crippen molar-refractivity contribution < 1.29 is 0 Å². The fourth-order valence-electron chi connectivity index (χ4n) is 2.14. The largest absolute Gasteiger partial charge is 0.345 e. The fraction of sp³-hybridized carbons (Fsp3) is 0. The molecule has 0 aliphatic rings. The number of benzene rings is 3. The van der Waals surface area contributed by atoms with E-state index < -0.39 is 0 Å². The van der Waals surface area contributed by atoms with Gasteiger partial charge >= 0.3 is 0 Å². The highest BCUT2D eigenvalue weighted by atomic mass is 14.9. The highest BCUT2D eigenvalue weighted by molar-refractivity contribution is 5.73. The molecule has 0 unspecified atom stereocenters. The van der Waals surface area contributed by atoms with E-state index in [0.29, 0.717) is 0 Å². The molecule has 0 spiro atoms. The van der Waals surface area contributed by atoms with E-state index in [1.807, 2.05) is 36.4 Å². The number of nitrogens with zero attached hydrogens (tertiary/aromatic N) is 1. The van der Waals surface area contributed by atoms with Crippen LogP contribution in [0, 0.1) is 0 Å². The molecule has 0 saturated carbocycles. The SMILES string of the molecule is c1ccc(-c2ccccc2)cc1.c1ccc2[nH]cnc2c1. The van der Waals surface area contributed by atoms with Crippen molar-refractivity contribution in [2.45, 2.75) is 0 Å². The molecule has 0 bridgehead atoms. The van der Waals surface area contributed by atoms with Crippen LogP contribution in [0.25, 0.3) is 22.2 Å². The second-order valence-electron chi connectivity index (χ2n) is 4.65. The van der Waals surface area contributed by atoms with Crippen molar-refractivity contribution in [2.24, 2.45) is 0 Å². The maximum atomic E-state index is 4.06. The highest BCUT2D eigenvalue weighted by Gasteiger charge is 1.91. The number of imidazole rings is 1. The van der Waals surface area contributed by atoms with E-state index in [2.05, 4.69) is 58.5 Å². The Morgan fingerprint density at radius 1 is 0.571 bits per heavy atom. The van der Waals surface area contributed by atoms with E-state index in [1.165, 1.54) is 11.1 Å². The van der Waals surface area contributed by atoms with Gasteiger partial charge in [-0.05, 0) is 23.3 Å². The predicted molar refractivity (Wildman–Crippen MR) is 88.0 cm³/mol. The standard InChI is InChI=1S/C12H10.C7H6N2/c1-3-7-11(8-4-1)12-9-5-2-6-10-12;1-2-4-7-6(3-1)8-5-9-7/h1-10H;1-5H,(H,8,9). The molecule has 0 aliphatic heterocycles. The Morgan fingerprint density at radius 2 is 1.10 bits per heavy atom. The zero-order valence-corrected chi connectivity index (χ0v) is 11.6. The molecule has 4 aromatic rings. The number of rotatable bonds is 1. The molecule has 102 valence electrons. The molecule has 0 atom stereocenters. The van der Waals surface area contributed by atoms with Crippen LogP contribution < -0.4 is 0 Å². The Bertz CT molecular complexity index is 722. The molecule has 0 amide bonds. The number of H-pyrrole nitrogens is 1. The lowest BCUT2D eigenvalue weighted by atomic mass is 10.1. The minimum absolute atomic E-state index is 1.03. The Hall–Kier alpha value is -2.87. The van der Waals surface area contributed by atoms with Crippen molar-refractivity contribution in [3.05, 3.63) is 91.3 Å². The predicted octanol–water partition coefficient (Wildman–Crippen LogP) is 4.92. The van der Waals surface area contributed by atoms with E-state index in [9.17, 15) is 0 Å². The topological polar surface area (TPSA) is 28.7 Å². The normalized spacial score (nSPS) is 9.90. The fourth-order valence-corrected chi connectivity index (χ4v) is 2.14. The van der Waals surface area contributed by atoms with E-state index >= 15 is 0 Å². The highest BCUT2D eigenvalue weighted by Crippen LogP contribution is 2.17. The zero-order valence-electron chi connectivity index (χ0n) is 11.6. The van der Waals surface area contributed by atoms with Crippen molar-refractivity contribution in [3.63, 3.8) is 0 Å². The van der Waals surface area contributed by atoms with Crippen LogP contribution in [0.15, 0.2) is 91.3 Å². The first-order valence-corrected chi connectivity index (χ1v) is 6.92. The minimum atomic E-state index is 1.03. The first kappa shape index (κ1) is 13.1. The summed E-state index contributed by atoms with van der Waals surface area (Å²) in [5.41, 5.74) is 4.67. The molecule has 1 N–H and O–H groups in total. The van der Waals surface area contributed by atoms with Crippen molar-refractivity contribution >= 4 is 11.0 Å². The molecule has 0 fully saturated rings. The summed E-state index contributed by atoms with van der Waals surface area (Å²) in [6.45, 7) is 0. The van der Waals surface area contributed by atoms with Gasteiger partial charge in [0.25, 0.3) is 0 Å². The van der Waals surface area contributed by atoms with Gasteiger partial charge in [0, 0.05) is 0 Å². The summed E-state index contributed by atoms with van der Waals surface area (Å²) in [4.78, 5) is 7.07. The quantitative estimate of drug-likeness (QED) is 0.523. The molecule has 0 saturated heterocycles. The third-order valence-corrected chi connectivity index (χ3v) is 3.21. The second-order valence-corrected chi connectivity index (χ2v) is 4.65. The molecule has 2 heteroatoms. The van der Waals surface area contributed by atoms with Gasteiger partial charge in [-0.25, -0.2) is 4.98 Å². The number of para-hydroxylation sites is 2. The summed E-state index contributed by atoms with van der Waals surface area (Å²) < 4.78 is 0. The van der Waals surface area contributed by atoms with E-state index in [0.717, 1.165) is 11.0 Å². The zero-order chi connectivity index (χ0) is 14.3. The van der Waals surface area contributed by atoms with E-state index in [1.54, 1.807) is 6.33 Å². The monoisotopic (exact) mass is 272 g/mol. The smallest absolute Gasteiger partial charge is 0.0931 e. The maximum absolute atomic E-state index is 4.06. The molecular formula is C19H16N2. The lowest BCUT2D eigenvalue weighted by molar-refractivity contribution is 1.34. The average molecular weight is 272 g/mol. The molecule has 3 aromatic carbocycles. The summed E-state index contributed by atoms with van der Waals surface area (Å²) in [6.07, 6.45) is 1.70. The number of nitrogens with one attached hydrogen (secondary N) is 1. The summed E-state index contributed by atoms with van der Waals surface area (Å²) in [5, 5.41) is 0. The van der Waals surface area contributed by atoms with Crippen LogP contribution in [-0.2, 0) is 0 Å². The molecule has 4 rings (SSSR count). The Balaban J connectivity index is 0.000000131. The molecule has 2 nitrogen and oxygen atoms in total. The molecule has 1 aromatic heterocycles. The van der Waals surface area contributed by atoms with Crippen molar-refractivity contribution in [1.29, 1.82) is 0 Å². The number of hydrogen-bond donors (Lipinski definition) is 1. The van der Waals surface area contributed by atoms with Crippen molar-refractivity contribution in [1.82, 2.24) is 9.97 Å². The lowest BCUT2D eigenvalue weighted by Crippen LogP contribution is -1.73. The lowest BCUT2D eigenvalue weighted by Gasteiger charge is -1.98. The van der Waals surface area contributed by atoms with Gasteiger partial charge in [0.1, 0.15) is 0 Å². The Morgan fingerprint density at radius 3 is 1.67 bits per heavy atom. The number of aromatic amines is 1. The van der Waals surface area contributed by atoms with Crippen LogP contribution in [0.5, 0.6) is 0 Å². The van der Waals surface area contributed by atoms with Crippen LogP contribution in [-0.4, -0.2) is 9.97 Å². The van der Waals surface area contributed by atoms with Gasteiger partial charge in [-0.3, -0.25) is 0 Å². The van der Waals surface area contributed by atoms with Crippen LogP contribution in [0.4, 0.5) is 0 Å². The first-order chi connectivity index (χ1) is 10.4. The summed E-state index contributed by atoms with van der Waals surface area (Å²) >= 11 is 0. The summed E-state index contributed by atoms with van der Waals surface area (Å²) in [5.74, 6) is 0.